The molecule has 2 heterocycles. The van der Waals surface area contributed by atoms with Gasteiger partial charge in [0.15, 0.2) is 11.0 Å². The van der Waals surface area contributed by atoms with Crippen LogP contribution in [0.25, 0.3) is 0 Å². The van der Waals surface area contributed by atoms with Crippen molar-refractivity contribution in [3.05, 3.63) is 28.8 Å². The lowest BCUT2D eigenvalue weighted by Crippen LogP contribution is -2.23. The Kier molecular flexibility index (Phi) is 4.62. The Morgan fingerprint density at radius 3 is 2.38 bits per heavy atom. The van der Waals surface area contributed by atoms with Crippen LogP contribution in [0.15, 0.2) is 15.7 Å². The van der Waals surface area contributed by atoms with E-state index in [2.05, 4.69) is 20.4 Å². The Morgan fingerprint density at radius 1 is 1.24 bits per heavy atom. The third-order valence-electron chi connectivity index (χ3n) is 3.14. The molecule has 0 bridgehead atoms. The van der Waals surface area contributed by atoms with Crippen molar-refractivity contribution in [1.82, 2.24) is 15.1 Å². The smallest absolute Gasteiger partial charge is 0.238 e. The topological polar surface area (TPSA) is 80.9 Å². The van der Waals surface area contributed by atoms with Crippen LogP contribution in [0.2, 0.25) is 0 Å². The predicted molar refractivity (Wildman–Crippen MR) is 81.4 cm³/mol. The first kappa shape index (κ1) is 15.5. The number of thioether (sulfide) groups is 1. The largest absolute Gasteiger partial charge is 0.360 e. The highest BCUT2D eigenvalue weighted by Gasteiger charge is 2.18. The van der Waals surface area contributed by atoms with Gasteiger partial charge in [0.05, 0.1) is 5.25 Å². The molecule has 112 valence electrons. The van der Waals surface area contributed by atoms with Gasteiger partial charge in [-0.2, -0.15) is 0 Å². The van der Waals surface area contributed by atoms with E-state index in [1.807, 2.05) is 20.8 Å². The summed E-state index contributed by atoms with van der Waals surface area (Å²) in [5.41, 5.74) is 2.95. The van der Waals surface area contributed by atoms with Crippen LogP contribution in [0.4, 0.5) is 5.82 Å². The third kappa shape index (κ3) is 3.81. The Balaban J connectivity index is 2.03. The van der Waals surface area contributed by atoms with Gasteiger partial charge in [0.2, 0.25) is 5.91 Å². The molecule has 0 aliphatic rings. The summed E-state index contributed by atoms with van der Waals surface area (Å²) in [6.07, 6.45) is 0. The number of amides is 1. The van der Waals surface area contributed by atoms with Crippen LogP contribution < -0.4 is 5.32 Å². The van der Waals surface area contributed by atoms with Crippen molar-refractivity contribution in [2.24, 2.45) is 0 Å². The highest BCUT2D eigenvalue weighted by atomic mass is 32.2. The van der Waals surface area contributed by atoms with Crippen LogP contribution in [0.1, 0.15) is 29.6 Å². The van der Waals surface area contributed by atoms with E-state index in [-0.39, 0.29) is 11.2 Å². The van der Waals surface area contributed by atoms with Crippen molar-refractivity contribution in [2.75, 3.05) is 5.32 Å². The van der Waals surface area contributed by atoms with Gasteiger partial charge < -0.3 is 9.84 Å². The van der Waals surface area contributed by atoms with Gasteiger partial charge in [0.1, 0.15) is 5.76 Å². The molecule has 2 aromatic rings. The molecule has 2 aromatic heterocycles. The van der Waals surface area contributed by atoms with Crippen molar-refractivity contribution in [1.29, 1.82) is 0 Å². The fourth-order valence-electron chi connectivity index (χ4n) is 1.66. The van der Waals surface area contributed by atoms with E-state index < -0.39 is 0 Å². The number of hydrogen-bond donors (Lipinski definition) is 1. The standard InChI is InChI=1S/C14H18N4O2S/c1-7-6-12(18-20-7)17-13(19)11(5)21-14-15-9(3)8(2)10(4)16-14/h6,11H,1-5H3,(H,17,18,19)/t11-/m1/s1. The molecule has 0 unspecified atom stereocenters. The molecule has 7 heteroatoms. The fourth-order valence-corrected chi connectivity index (χ4v) is 2.52. The first-order valence-corrected chi connectivity index (χ1v) is 7.47. The number of nitrogens with zero attached hydrogens (tertiary/aromatic N) is 3. The quantitative estimate of drug-likeness (QED) is 0.691. The molecule has 21 heavy (non-hydrogen) atoms. The molecule has 1 N–H and O–H groups in total. The van der Waals surface area contributed by atoms with Gasteiger partial charge in [0, 0.05) is 17.5 Å². The highest BCUT2D eigenvalue weighted by molar-refractivity contribution is 8.00. The van der Waals surface area contributed by atoms with Gasteiger partial charge >= 0.3 is 0 Å². The zero-order valence-corrected chi connectivity index (χ0v) is 13.5. The van der Waals surface area contributed by atoms with E-state index in [9.17, 15) is 4.79 Å². The van der Waals surface area contributed by atoms with Gasteiger partial charge in [0.25, 0.3) is 0 Å². The van der Waals surface area contributed by atoms with Crippen molar-refractivity contribution in [3.63, 3.8) is 0 Å². The van der Waals surface area contributed by atoms with Crippen LogP contribution in [-0.4, -0.2) is 26.3 Å². The SMILES string of the molecule is Cc1cc(NC(=O)[C@@H](C)Sc2nc(C)c(C)c(C)n2)no1. The molecule has 1 atom stereocenters. The minimum absolute atomic E-state index is 0.159. The number of carbonyl (C=O) groups excluding carboxylic acids is 1. The number of hydrogen-bond acceptors (Lipinski definition) is 6. The summed E-state index contributed by atoms with van der Waals surface area (Å²) in [6, 6.07) is 1.67. The minimum Gasteiger partial charge on any atom is -0.360 e. The fraction of sp³-hybridized carbons (Fsp3) is 0.429. The third-order valence-corrected chi connectivity index (χ3v) is 4.10. The lowest BCUT2D eigenvalue weighted by molar-refractivity contribution is -0.115. The molecule has 0 spiro atoms. The van der Waals surface area contributed by atoms with E-state index in [4.69, 9.17) is 4.52 Å². The summed E-state index contributed by atoms with van der Waals surface area (Å²) < 4.78 is 4.91. The summed E-state index contributed by atoms with van der Waals surface area (Å²) >= 11 is 1.32. The average Bonchev–Trinajstić information content (AvgIpc) is 2.81. The maximum absolute atomic E-state index is 12.1. The summed E-state index contributed by atoms with van der Waals surface area (Å²) in [4.78, 5) is 20.9. The number of nitrogens with one attached hydrogen (secondary N) is 1. The van der Waals surface area contributed by atoms with Crippen LogP contribution in [-0.2, 0) is 4.79 Å². The number of aromatic nitrogens is 3. The normalized spacial score (nSPS) is 12.2. The van der Waals surface area contributed by atoms with Gasteiger partial charge in [-0.3, -0.25) is 4.79 Å². The summed E-state index contributed by atoms with van der Waals surface area (Å²) in [5, 5.41) is 6.72. The maximum atomic E-state index is 12.1. The first-order chi connectivity index (χ1) is 9.86. The Labute approximate surface area is 127 Å². The molecule has 0 saturated heterocycles. The molecule has 0 saturated carbocycles. The molecular weight excluding hydrogens is 288 g/mol. The first-order valence-electron chi connectivity index (χ1n) is 6.59. The second kappa shape index (κ2) is 6.26. The second-order valence-electron chi connectivity index (χ2n) is 4.87. The van der Waals surface area contributed by atoms with Crippen LogP contribution >= 0.6 is 11.8 Å². The van der Waals surface area contributed by atoms with E-state index >= 15 is 0 Å². The van der Waals surface area contributed by atoms with Crippen LogP contribution in [0.3, 0.4) is 0 Å². The highest BCUT2D eigenvalue weighted by Crippen LogP contribution is 2.22. The van der Waals surface area contributed by atoms with E-state index in [1.54, 1.807) is 19.9 Å². The number of carbonyl (C=O) groups is 1. The molecule has 1 amide bonds. The minimum atomic E-state index is -0.330. The van der Waals surface area contributed by atoms with Crippen LogP contribution in [0, 0.1) is 27.7 Å². The number of rotatable bonds is 4. The zero-order valence-electron chi connectivity index (χ0n) is 12.7. The Hall–Kier alpha value is -1.89. The second-order valence-corrected chi connectivity index (χ2v) is 6.18. The Morgan fingerprint density at radius 2 is 1.86 bits per heavy atom. The van der Waals surface area contributed by atoms with E-state index in [1.165, 1.54) is 11.8 Å². The van der Waals surface area contributed by atoms with Crippen LogP contribution in [0.5, 0.6) is 0 Å². The van der Waals surface area contributed by atoms with E-state index in [0.717, 1.165) is 17.0 Å². The van der Waals surface area contributed by atoms with Crippen molar-refractivity contribution < 1.29 is 9.32 Å². The summed E-state index contributed by atoms with van der Waals surface area (Å²) in [5.74, 6) is 0.911. The molecule has 6 nitrogen and oxygen atoms in total. The lowest BCUT2D eigenvalue weighted by Gasteiger charge is -2.11. The average molecular weight is 306 g/mol. The van der Waals surface area contributed by atoms with Gasteiger partial charge in [-0.05, 0) is 40.2 Å². The van der Waals surface area contributed by atoms with Gasteiger partial charge in [-0.1, -0.05) is 16.9 Å². The summed E-state index contributed by atoms with van der Waals surface area (Å²) in [6.45, 7) is 9.45. The molecule has 0 radical (unpaired) electrons. The molecular formula is C14H18N4O2S. The van der Waals surface area contributed by atoms with Crippen molar-refractivity contribution >= 4 is 23.5 Å². The molecule has 0 aromatic carbocycles. The molecule has 0 fully saturated rings. The number of aryl methyl sites for hydroxylation is 3. The molecule has 0 aliphatic carbocycles. The monoisotopic (exact) mass is 306 g/mol. The Bertz CT molecular complexity index is 646. The maximum Gasteiger partial charge on any atom is 0.238 e. The zero-order chi connectivity index (χ0) is 15.6. The van der Waals surface area contributed by atoms with Gasteiger partial charge in [-0.25, -0.2) is 9.97 Å². The lowest BCUT2D eigenvalue weighted by atomic mass is 10.2. The van der Waals surface area contributed by atoms with E-state index in [0.29, 0.717) is 16.7 Å². The predicted octanol–water partition coefficient (Wildman–Crippen LogP) is 2.82. The number of anilines is 1. The summed E-state index contributed by atoms with van der Waals surface area (Å²) in [7, 11) is 0. The van der Waals surface area contributed by atoms with Gasteiger partial charge in [-0.15, -0.1) is 0 Å². The molecule has 2 rings (SSSR count). The van der Waals surface area contributed by atoms with Crippen molar-refractivity contribution in [3.8, 4) is 0 Å². The molecule has 0 aliphatic heterocycles. The van der Waals surface area contributed by atoms with Crippen molar-refractivity contribution in [2.45, 2.75) is 45.0 Å².